The van der Waals surface area contributed by atoms with E-state index in [4.69, 9.17) is 5.73 Å². The number of anilines is 1. The number of carboxylic acid groups (broad SMARTS) is 1. The molecule has 4 N–H and O–H groups in total. The van der Waals surface area contributed by atoms with Crippen LogP contribution in [0.15, 0.2) is 47.6 Å². The number of aromatic carboxylic acids is 1. The van der Waals surface area contributed by atoms with E-state index in [-0.39, 0.29) is 35.7 Å². The molecule has 196 valence electrons. The lowest BCUT2D eigenvalue weighted by atomic mass is 9.92. The molecule has 2 aliphatic carbocycles. The highest BCUT2D eigenvalue weighted by atomic mass is 19.4. The van der Waals surface area contributed by atoms with Gasteiger partial charge in [-0.25, -0.2) is 9.18 Å². The van der Waals surface area contributed by atoms with Crippen molar-refractivity contribution in [3.05, 3.63) is 70.7 Å². The molecule has 37 heavy (non-hydrogen) atoms. The van der Waals surface area contributed by atoms with E-state index < -0.39 is 34.8 Å². The zero-order valence-corrected chi connectivity index (χ0v) is 19.9. The van der Waals surface area contributed by atoms with Crippen LogP contribution in [0, 0.1) is 5.82 Å². The molecule has 0 atom stereocenters. The number of nitrogens with one attached hydrogen (secondary N) is 1. The van der Waals surface area contributed by atoms with Crippen LogP contribution in [0.3, 0.4) is 0 Å². The molecular weight excluding hydrogens is 490 g/mol. The minimum Gasteiger partial charge on any atom is -0.478 e. The van der Waals surface area contributed by atoms with Crippen LogP contribution in [0.25, 0.3) is 5.57 Å². The van der Waals surface area contributed by atoms with Crippen LogP contribution in [0.5, 0.6) is 0 Å². The average molecular weight is 518 g/mol. The minimum atomic E-state index is -4.70. The molecule has 0 bridgehead atoms. The summed E-state index contributed by atoms with van der Waals surface area (Å²) in [6.07, 6.45) is 3.94. The van der Waals surface area contributed by atoms with Crippen LogP contribution in [0.1, 0.15) is 72.0 Å². The van der Waals surface area contributed by atoms with Crippen molar-refractivity contribution < 1.29 is 32.3 Å². The molecule has 0 heterocycles. The van der Waals surface area contributed by atoms with Crippen LogP contribution in [0.2, 0.25) is 0 Å². The summed E-state index contributed by atoms with van der Waals surface area (Å²) in [5.74, 6) is -2.98. The summed E-state index contributed by atoms with van der Waals surface area (Å²) in [5.41, 5.74) is 3.98. The lowest BCUT2D eigenvalue weighted by molar-refractivity contribution is -0.137. The summed E-state index contributed by atoms with van der Waals surface area (Å²) in [6, 6.07) is 6.55. The number of carbonyl (C=O) groups excluding carboxylic acids is 1. The molecule has 0 saturated heterocycles. The number of rotatable bonds is 7. The van der Waals surface area contributed by atoms with Gasteiger partial charge in [-0.05, 0) is 55.5 Å². The monoisotopic (exact) mass is 517 g/mol. The SMILES string of the molecule is NC=C(C=NC1CCCCC1)c1ccc(NC(=O)C2(c3ccc(C(F)(F)F)cc3F)CC2)cc1C(=O)O. The first kappa shape index (κ1) is 26.4. The van der Waals surface area contributed by atoms with Gasteiger partial charge in [0.25, 0.3) is 0 Å². The smallest absolute Gasteiger partial charge is 0.416 e. The van der Waals surface area contributed by atoms with E-state index in [1.54, 1.807) is 6.21 Å². The molecule has 2 saturated carbocycles. The van der Waals surface area contributed by atoms with Crippen LogP contribution in [0.4, 0.5) is 23.2 Å². The van der Waals surface area contributed by atoms with Crippen LogP contribution in [-0.4, -0.2) is 29.2 Å². The van der Waals surface area contributed by atoms with E-state index in [1.165, 1.54) is 30.8 Å². The zero-order chi connectivity index (χ0) is 26.8. The molecule has 0 spiro atoms. The normalized spacial score (nSPS) is 18.1. The maximum atomic E-state index is 14.6. The number of hydrogen-bond donors (Lipinski definition) is 3. The van der Waals surface area contributed by atoms with E-state index >= 15 is 0 Å². The summed E-state index contributed by atoms with van der Waals surface area (Å²) < 4.78 is 53.3. The Morgan fingerprint density at radius 2 is 1.76 bits per heavy atom. The lowest BCUT2D eigenvalue weighted by Gasteiger charge is -2.19. The summed E-state index contributed by atoms with van der Waals surface area (Å²) in [7, 11) is 0. The molecule has 2 fully saturated rings. The summed E-state index contributed by atoms with van der Waals surface area (Å²) in [5, 5.41) is 12.4. The van der Waals surface area contributed by atoms with E-state index in [1.807, 2.05) is 0 Å². The number of hydrogen-bond acceptors (Lipinski definition) is 4. The summed E-state index contributed by atoms with van der Waals surface area (Å²) in [4.78, 5) is 29.6. The van der Waals surface area contributed by atoms with E-state index in [0.29, 0.717) is 17.2 Å². The molecule has 0 aromatic heterocycles. The van der Waals surface area contributed by atoms with E-state index in [0.717, 1.165) is 37.8 Å². The Labute approximate surface area is 211 Å². The van der Waals surface area contributed by atoms with Gasteiger partial charge in [0.05, 0.1) is 16.5 Å². The standard InChI is InChI=1S/C27H27F4N3O3/c28-23-12-17(27(29,30)31)6-9-22(23)26(10-11-26)25(37)34-19-7-8-20(21(13-19)24(35)36)16(14-32)15-33-18-4-2-1-3-5-18/h6-9,12-15,18H,1-5,10-11,32H2,(H,34,37)(H,35,36). The van der Waals surface area contributed by atoms with Crippen LogP contribution < -0.4 is 11.1 Å². The predicted molar refractivity (Wildman–Crippen MR) is 132 cm³/mol. The maximum Gasteiger partial charge on any atom is 0.416 e. The van der Waals surface area contributed by atoms with Crippen LogP contribution >= 0.6 is 0 Å². The molecular formula is C27H27F4N3O3. The highest BCUT2D eigenvalue weighted by Crippen LogP contribution is 2.50. The highest BCUT2D eigenvalue weighted by Gasteiger charge is 2.53. The van der Waals surface area contributed by atoms with Crippen molar-refractivity contribution >= 4 is 29.4 Å². The topological polar surface area (TPSA) is 105 Å². The molecule has 0 aliphatic heterocycles. The number of allylic oxidation sites excluding steroid dienone is 1. The van der Waals surface area contributed by atoms with Crippen molar-refractivity contribution in [2.75, 3.05) is 5.32 Å². The molecule has 2 aliphatic rings. The fourth-order valence-corrected chi connectivity index (χ4v) is 4.74. The van der Waals surface area contributed by atoms with Gasteiger partial charge in [-0.15, -0.1) is 0 Å². The highest BCUT2D eigenvalue weighted by molar-refractivity contribution is 6.13. The number of aliphatic imine (C=N–C) groups is 1. The Bertz CT molecular complexity index is 1260. The van der Waals surface area contributed by atoms with E-state index in [9.17, 15) is 32.3 Å². The summed E-state index contributed by atoms with van der Waals surface area (Å²) >= 11 is 0. The van der Waals surface area contributed by atoms with Crippen molar-refractivity contribution in [1.82, 2.24) is 0 Å². The van der Waals surface area contributed by atoms with Gasteiger partial charge in [-0.2, -0.15) is 13.2 Å². The molecule has 2 aromatic carbocycles. The molecule has 0 unspecified atom stereocenters. The van der Waals surface area contributed by atoms with Crippen molar-refractivity contribution in [1.29, 1.82) is 0 Å². The zero-order valence-electron chi connectivity index (χ0n) is 19.9. The van der Waals surface area contributed by atoms with Crippen molar-refractivity contribution in [3.63, 3.8) is 0 Å². The Morgan fingerprint density at radius 1 is 1.05 bits per heavy atom. The maximum absolute atomic E-state index is 14.6. The van der Waals surface area contributed by atoms with Gasteiger partial charge in [0.15, 0.2) is 0 Å². The predicted octanol–water partition coefficient (Wildman–Crippen LogP) is 5.92. The number of nitrogens with two attached hydrogens (primary N) is 1. The van der Waals surface area contributed by atoms with E-state index in [2.05, 4.69) is 10.3 Å². The second kappa shape index (κ2) is 10.4. The third kappa shape index (κ3) is 5.68. The number of carboxylic acids is 1. The number of halogens is 4. The van der Waals surface area contributed by atoms with Gasteiger partial charge in [0.1, 0.15) is 5.82 Å². The molecule has 4 rings (SSSR count). The molecule has 2 aromatic rings. The first-order valence-electron chi connectivity index (χ1n) is 12.1. The Hall–Kier alpha value is -3.69. The van der Waals surface area contributed by atoms with Gasteiger partial charge >= 0.3 is 12.1 Å². The van der Waals surface area contributed by atoms with Crippen molar-refractivity contribution in [2.45, 2.75) is 62.6 Å². The third-order valence-electron chi connectivity index (χ3n) is 6.99. The molecule has 10 heteroatoms. The fraction of sp³-hybridized carbons (Fsp3) is 0.370. The Balaban J connectivity index is 1.56. The molecule has 6 nitrogen and oxygen atoms in total. The van der Waals surface area contributed by atoms with Gasteiger partial charge in [-0.1, -0.05) is 31.4 Å². The van der Waals surface area contributed by atoms with Gasteiger partial charge in [-0.3, -0.25) is 9.79 Å². The lowest BCUT2D eigenvalue weighted by Crippen LogP contribution is -2.29. The number of benzene rings is 2. The quantitative estimate of drug-likeness (QED) is 0.313. The Kier molecular flexibility index (Phi) is 7.38. The molecule has 1 amide bonds. The van der Waals surface area contributed by atoms with Crippen LogP contribution in [-0.2, 0) is 16.4 Å². The van der Waals surface area contributed by atoms with Gasteiger partial charge in [0.2, 0.25) is 5.91 Å². The first-order chi connectivity index (χ1) is 17.5. The Morgan fingerprint density at radius 3 is 2.32 bits per heavy atom. The molecule has 0 radical (unpaired) electrons. The average Bonchev–Trinajstić information content (AvgIpc) is 3.67. The van der Waals surface area contributed by atoms with Crippen molar-refractivity contribution in [3.8, 4) is 0 Å². The number of amides is 1. The van der Waals surface area contributed by atoms with Gasteiger partial charge in [0, 0.05) is 35.3 Å². The number of carbonyl (C=O) groups is 2. The first-order valence-corrected chi connectivity index (χ1v) is 12.1. The third-order valence-corrected chi connectivity index (χ3v) is 6.99. The second-order valence-corrected chi connectivity index (χ2v) is 9.49. The number of alkyl halides is 3. The fourth-order valence-electron chi connectivity index (χ4n) is 4.74. The number of nitrogens with zero attached hydrogens (tertiary/aromatic N) is 1. The van der Waals surface area contributed by atoms with Crippen molar-refractivity contribution in [2.24, 2.45) is 10.7 Å². The largest absolute Gasteiger partial charge is 0.478 e. The minimum absolute atomic E-state index is 0.116. The summed E-state index contributed by atoms with van der Waals surface area (Å²) in [6.45, 7) is 0. The second-order valence-electron chi connectivity index (χ2n) is 9.49. The van der Waals surface area contributed by atoms with Gasteiger partial charge < -0.3 is 16.2 Å².